The molecule has 0 aliphatic rings. The number of hydrazone groups is 1. The van der Waals surface area contributed by atoms with Crippen molar-refractivity contribution in [3.63, 3.8) is 0 Å². The van der Waals surface area contributed by atoms with E-state index in [1.54, 1.807) is 0 Å². The third-order valence-electron chi connectivity index (χ3n) is 2.41. The second-order valence-electron chi connectivity index (χ2n) is 4.70. The maximum absolute atomic E-state index is 11.4. The van der Waals surface area contributed by atoms with Gasteiger partial charge in [0.25, 0.3) is 0 Å². The predicted molar refractivity (Wildman–Crippen MR) is 71.0 cm³/mol. The topological polar surface area (TPSA) is 41.5 Å². The molecule has 1 N–H and O–H groups in total. The number of nitrogens with zero attached hydrogens (tertiary/aromatic N) is 1. The zero-order valence-corrected chi connectivity index (χ0v) is 10.9. The fraction of sp³-hybridized carbons (Fsp3) is 0.429. The van der Waals surface area contributed by atoms with Crippen LogP contribution in [0.2, 0.25) is 0 Å². The summed E-state index contributed by atoms with van der Waals surface area (Å²) >= 11 is 0. The summed E-state index contributed by atoms with van der Waals surface area (Å²) in [7, 11) is 0. The maximum atomic E-state index is 11.4. The third kappa shape index (κ3) is 4.81. The second kappa shape index (κ2) is 6.18. The number of aryl methyl sites for hydroxylation is 1. The van der Waals surface area contributed by atoms with Gasteiger partial charge in [-0.05, 0) is 25.3 Å². The first-order valence-corrected chi connectivity index (χ1v) is 5.89. The van der Waals surface area contributed by atoms with Crippen molar-refractivity contribution in [2.45, 2.75) is 34.1 Å². The molecule has 0 heterocycles. The van der Waals surface area contributed by atoms with Crippen LogP contribution in [-0.4, -0.2) is 11.6 Å². The molecule has 0 saturated carbocycles. The number of rotatable bonds is 4. The molecule has 0 atom stereocenters. The van der Waals surface area contributed by atoms with E-state index >= 15 is 0 Å². The van der Waals surface area contributed by atoms with Gasteiger partial charge in [0.05, 0.1) is 5.71 Å². The standard InChI is InChI=1S/C14H20N2O/c1-10(2)9-14(17)16-15-12(4)13-7-5-11(3)6-8-13/h5-8,10H,9H2,1-4H3,(H,16,17). The number of hydrogen-bond acceptors (Lipinski definition) is 2. The first-order chi connectivity index (χ1) is 7.99. The average Bonchev–Trinajstić information content (AvgIpc) is 2.26. The highest BCUT2D eigenvalue weighted by Crippen LogP contribution is 2.04. The molecule has 0 saturated heterocycles. The molecule has 1 amide bonds. The molecule has 3 nitrogen and oxygen atoms in total. The smallest absolute Gasteiger partial charge is 0.240 e. The lowest BCUT2D eigenvalue weighted by atomic mass is 10.1. The van der Waals surface area contributed by atoms with Gasteiger partial charge in [-0.2, -0.15) is 5.10 Å². The van der Waals surface area contributed by atoms with Crippen molar-refractivity contribution in [1.82, 2.24) is 5.43 Å². The van der Waals surface area contributed by atoms with Gasteiger partial charge in [0.2, 0.25) is 5.91 Å². The first-order valence-electron chi connectivity index (χ1n) is 5.89. The zero-order chi connectivity index (χ0) is 12.8. The Kier molecular flexibility index (Phi) is 4.88. The van der Waals surface area contributed by atoms with E-state index in [-0.39, 0.29) is 5.91 Å². The Bertz CT molecular complexity index is 405. The van der Waals surface area contributed by atoms with Crippen molar-refractivity contribution >= 4 is 11.6 Å². The number of hydrogen-bond donors (Lipinski definition) is 1. The van der Waals surface area contributed by atoms with Crippen molar-refractivity contribution in [3.8, 4) is 0 Å². The Hall–Kier alpha value is -1.64. The minimum absolute atomic E-state index is 0.0357. The van der Waals surface area contributed by atoms with Gasteiger partial charge < -0.3 is 0 Å². The summed E-state index contributed by atoms with van der Waals surface area (Å²) in [6.07, 6.45) is 0.505. The number of carbonyl (C=O) groups is 1. The van der Waals surface area contributed by atoms with E-state index in [0.29, 0.717) is 12.3 Å². The van der Waals surface area contributed by atoms with E-state index in [1.165, 1.54) is 5.56 Å². The summed E-state index contributed by atoms with van der Waals surface area (Å²) in [5.74, 6) is 0.316. The molecule has 17 heavy (non-hydrogen) atoms. The number of amides is 1. The fourth-order valence-electron chi connectivity index (χ4n) is 1.42. The molecule has 0 aliphatic heterocycles. The maximum Gasteiger partial charge on any atom is 0.240 e. The zero-order valence-electron chi connectivity index (χ0n) is 10.9. The van der Waals surface area contributed by atoms with Crippen LogP contribution in [0.5, 0.6) is 0 Å². The van der Waals surface area contributed by atoms with Crippen LogP contribution in [0.4, 0.5) is 0 Å². The van der Waals surface area contributed by atoms with E-state index in [9.17, 15) is 4.79 Å². The number of nitrogens with one attached hydrogen (secondary N) is 1. The van der Waals surface area contributed by atoms with Gasteiger partial charge >= 0.3 is 0 Å². The lowest BCUT2D eigenvalue weighted by Gasteiger charge is -2.05. The Balaban J connectivity index is 2.60. The SMILES string of the molecule is CC(=NNC(=O)CC(C)C)c1ccc(C)cc1. The first kappa shape index (κ1) is 13.4. The van der Waals surface area contributed by atoms with Crippen molar-refractivity contribution in [2.24, 2.45) is 11.0 Å². The number of benzene rings is 1. The van der Waals surface area contributed by atoms with E-state index in [1.807, 2.05) is 52.0 Å². The molecule has 0 aromatic heterocycles. The lowest BCUT2D eigenvalue weighted by molar-refractivity contribution is -0.121. The highest BCUT2D eigenvalue weighted by molar-refractivity contribution is 5.99. The minimum atomic E-state index is -0.0357. The molecule has 0 unspecified atom stereocenters. The highest BCUT2D eigenvalue weighted by atomic mass is 16.2. The predicted octanol–water partition coefficient (Wildman–Crippen LogP) is 2.88. The molecule has 1 aromatic carbocycles. The molecule has 1 rings (SSSR count). The molecule has 1 aromatic rings. The van der Waals surface area contributed by atoms with Crippen molar-refractivity contribution in [3.05, 3.63) is 35.4 Å². The van der Waals surface area contributed by atoms with Gasteiger partial charge in [-0.15, -0.1) is 0 Å². The van der Waals surface area contributed by atoms with Crippen LogP contribution in [0.3, 0.4) is 0 Å². The van der Waals surface area contributed by atoms with Gasteiger partial charge in [0, 0.05) is 6.42 Å². The lowest BCUT2D eigenvalue weighted by Crippen LogP contribution is -2.20. The summed E-state index contributed by atoms with van der Waals surface area (Å²) in [4.78, 5) is 11.4. The van der Waals surface area contributed by atoms with E-state index < -0.39 is 0 Å². The van der Waals surface area contributed by atoms with Gasteiger partial charge in [0.1, 0.15) is 0 Å². The van der Waals surface area contributed by atoms with E-state index in [0.717, 1.165) is 11.3 Å². The van der Waals surface area contributed by atoms with Crippen LogP contribution in [0.1, 0.15) is 38.3 Å². The summed E-state index contributed by atoms with van der Waals surface area (Å²) in [5.41, 5.74) is 5.64. The molecule has 0 aliphatic carbocycles. The van der Waals surface area contributed by atoms with Gasteiger partial charge in [-0.25, -0.2) is 5.43 Å². The van der Waals surface area contributed by atoms with Gasteiger partial charge in [-0.1, -0.05) is 43.7 Å². The Morgan fingerprint density at radius 1 is 1.29 bits per heavy atom. The van der Waals surface area contributed by atoms with Crippen LogP contribution < -0.4 is 5.43 Å². The molecule has 3 heteroatoms. The molecule has 0 spiro atoms. The molecule has 92 valence electrons. The Morgan fingerprint density at radius 3 is 2.41 bits per heavy atom. The van der Waals surface area contributed by atoms with Crippen molar-refractivity contribution in [1.29, 1.82) is 0 Å². The van der Waals surface area contributed by atoms with Gasteiger partial charge in [-0.3, -0.25) is 4.79 Å². The van der Waals surface area contributed by atoms with Crippen LogP contribution in [0, 0.1) is 12.8 Å². The molecular weight excluding hydrogens is 212 g/mol. The van der Waals surface area contributed by atoms with Gasteiger partial charge in [0.15, 0.2) is 0 Å². The third-order valence-corrected chi connectivity index (χ3v) is 2.41. The molecule has 0 fully saturated rings. The normalized spacial score (nSPS) is 11.7. The van der Waals surface area contributed by atoms with Crippen LogP contribution in [-0.2, 0) is 4.79 Å². The summed E-state index contributed by atoms with van der Waals surface area (Å²) < 4.78 is 0. The largest absolute Gasteiger partial charge is 0.273 e. The number of carbonyl (C=O) groups excluding carboxylic acids is 1. The second-order valence-corrected chi connectivity index (χ2v) is 4.70. The van der Waals surface area contributed by atoms with E-state index in [4.69, 9.17) is 0 Å². The summed E-state index contributed by atoms with van der Waals surface area (Å²) in [6.45, 7) is 7.95. The summed E-state index contributed by atoms with van der Waals surface area (Å²) in [6, 6.07) is 8.07. The van der Waals surface area contributed by atoms with E-state index in [2.05, 4.69) is 10.5 Å². The monoisotopic (exact) mass is 232 g/mol. The Labute approximate surface area is 103 Å². The van der Waals surface area contributed by atoms with Crippen molar-refractivity contribution < 1.29 is 4.79 Å². The van der Waals surface area contributed by atoms with Crippen LogP contribution in [0.25, 0.3) is 0 Å². The highest BCUT2D eigenvalue weighted by Gasteiger charge is 2.03. The molecule has 0 radical (unpaired) electrons. The average molecular weight is 232 g/mol. The summed E-state index contributed by atoms with van der Waals surface area (Å²) in [5, 5.41) is 4.09. The Morgan fingerprint density at radius 2 is 1.88 bits per heavy atom. The molecular formula is C14H20N2O. The fourth-order valence-corrected chi connectivity index (χ4v) is 1.42. The minimum Gasteiger partial charge on any atom is -0.273 e. The van der Waals surface area contributed by atoms with Crippen LogP contribution >= 0.6 is 0 Å². The quantitative estimate of drug-likeness (QED) is 0.629. The molecule has 0 bridgehead atoms. The van der Waals surface area contributed by atoms with Crippen molar-refractivity contribution in [2.75, 3.05) is 0 Å². The van der Waals surface area contributed by atoms with Crippen LogP contribution in [0.15, 0.2) is 29.4 Å².